The lowest BCUT2D eigenvalue weighted by atomic mass is 9.98. The first-order valence-corrected chi connectivity index (χ1v) is 7.28. The average molecular weight is 332 g/mol. The van der Waals surface area contributed by atoms with Crippen molar-refractivity contribution in [3.8, 4) is 11.3 Å². The van der Waals surface area contributed by atoms with Crippen LogP contribution >= 0.6 is 11.6 Å². The highest BCUT2D eigenvalue weighted by Crippen LogP contribution is 2.33. The Balaban J connectivity index is 1.67. The Kier molecular flexibility index (Phi) is 3.02. The van der Waals surface area contributed by atoms with Gasteiger partial charge in [0.15, 0.2) is 11.7 Å². The number of hydrogen-bond donors (Lipinski definition) is 0. The molecule has 0 aliphatic carbocycles. The molecule has 0 N–H and O–H groups in total. The summed E-state index contributed by atoms with van der Waals surface area (Å²) in [5.74, 6) is -1.34. The molecular formula is C16H10ClNO5. The van der Waals surface area contributed by atoms with Gasteiger partial charge in [-0.1, -0.05) is 28.9 Å². The Morgan fingerprint density at radius 3 is 2.65 bits per heavy atom. The second-order valence-corrected chi connectivity index (χ2v) is 5.76. The number of hydrogen-bond acceptors (Lipinski definition) is 6. The van der Waals surface area contributed by atoms with Crippen molar-refractivity contribution in [1.82, 2.24) is 0 Å². The van der Waals surface area contributed by atoms with Crippen LogP contribution in [0.25, 0.3) is 11.3 Å². The van der Waals surface area contributed by atoms with E-state index in [1.807, 2.05) is 19.1 Å². The molecule has 116 valence electrons. The van der Waals surface area contributed by atoms with Gasteiger partial charge in [0, 0.05) is 10.6 Å². The van der Waals surface area contributed by atoms with Crippen LogP contribution in [0.15, 0.2) is 39.9 Å². The number of carbonyl (C=O) groups excluding carboxylic acids is 2. The fourth-order valence-electron chi connectivity index (χ4n) is 2.58. The summed E-state index contributed by atoms with van der Waals surface area (Å²) in [5.41, 5.74) is 2.02. The third kappa shape index (κ3) is 2.14. The van der Waals surface area contributed by atoms with Crippen molar-refractivity contribution in [2.24, 2.45) is 11.1 Å². The number of oxime groups is 1. The topological polar surface area (TPSA) is 78.1 Å². The van der Waals surface area contributed by atoms with Crippen molar-refractivity contribution in [3.05, 3.63) is 46.7 Å². The summed E-state index contributed by atoms with van der Waals surface area (Å²) < 4.78 is 10.3. The van der Waals surface area contributed by atoms with Gasteiger partial charge in [0.1, 0.15) is 11.5 Å². The van der Waals surface area contributed by atoms with Gasteiger partial charge in [0.2, 0.25) is 6.10 Å². The number of halogens is 1. The molecule has 2 atom stereocenters. The Morgan fingerprint density at radius 2 is 1.87 bits per heavy atom. The maximum atomic E-state index is 11.7. The molecule has 2 aromatic rings. The number of nitrogens with zero attached hydrogens (tertiary/aromatic N) is 1. The lowest BCUT2D eigenvalue weighted by Gasteiger charge is -2.02. The highest BCUT2D eigenvalue weighted by Gasteiger charge is 2.54. The van der Waals surface area contributed by atoms with Crippen molar-refractivity contribution in [2.45, 2.75) is 13.0 Å². The number of fused-ring (bicyclic) bond motifs is 1. The summed E-state index contributed by atoms with van der Waals surface area (Å²) in [4.78, 5) is 28.2. The molecule has 0 spiro atoms. The zero-order valence-corrected chi connectivity index (χ0v) is 12.7. The number of benzene rings is 1. The van der Waals surface area contributed by atoms with E-state index in [1.54, 1.807) is 18.2 Å². The van der Waals surface area contributed by atoms with Crippen LogP contribution in [-0.2, 0) is 19.2 Å². The molecular weight excluding hydrogens is 322 g/mol. The second kappa shape index (κ2) is 4.96. The van der Waals surface area contributed by atoms with E-state index in [0.29, 0.717) is 16.5 Å². The van der Waals surface area contributed by atoms with Gasteiger partial charge in [-0.25, -0.2) is 4.79 Å². The number of ether oxygens (including phenoxy) is 1. The highest BCUT2D eigenvalue weighted by molar-refractivity contribution is 6.31. The van der Waals surface area contributed by atoms with Crippen molar-refractivity contribution in [2.75, 3.05) is 0 Å². The molecule has 0 saturated carbocycles. The Morgan fingerprint density at radius 1 is 1.09 bits per heavy atom. The lowest BCUT2D eigenvalue weighted by molar-refractivity contribution is -0.155. The van der Waals surface area contributed by atoms with E-state index in [9.17, 15) is 9.59 Å². The molecule has 0 radical (unpaired) electrons. The molecule has 0 bridgehead atoms. The van der Waals surface area contributed by atoms with Gasteiger partial charge in [-0.3, -0.25) is 4.79 Å². The quantitative estimate of drug-likeness (QED) is 0.624. The molecule has 2 aliphatic heterocycles. The summed E-state index contributed by atoms with van der Waals surface area (Å²) in [6, 6.07) is 8.98. The largest absolute Gasteiger partial charge is 0.455 e. The molecule has 1 saturated heterocycles. The average Bonchev–Trinajstić information content (AvgIpc) is 3.20. The van der Waals surface area contributed by atoms with Crippen LogP contribution in [0.4, 0.5) is 0 Å². The number of rotatable bonds is 2. The van der Waals surface area contributed by atoms with E-state index >= 15 is 0 Å². The minimum atomic E-state index is -1.01. The van der Waals surface area contributed by atoms with Gasteiger partial charge in [0.25, 0.3) is 0 Å². The standard InChI is InChI=1S/C16H10ClNO5/c1-7-2-3-8(6-9(7)17)10-4-5-11(21-10)13-12-14(23-18-13)16(20)22-15(12)19/h2-6,12,14H,1H3. The minimum Gasteiger partial charge on any atom is -0.455 e. The van der Waals surface area contributed by atoms with Crippen molar-refractivity contribution in [1.29, 1.82) is 0 Å². The molecule has 4 rings (SSSR count). The predicted octanol–water partition coefficient (Wildman–Crippen LogP) is 2.71. The summed E-state index contributed by atoms with van der Waals surface area (Å²) in [7, 11) is 0. The summed E-state index contributed by atoms with van der Waals surface area (Å²) in [6.07, 6.45) is -1.01. The highest BCUT2D eigenvalue weighted by atomic mass is 35.5. The molecule has 1 fully saturated rings. The minimum absolute atomic E-state index is 0.260. The predicted molar refractivity (Wildman–Crippen MR) is 79.9 cm³/mol. The molecule has 2 unspecified atom stereocenters. The second-order valence-electron chi connectivity index (χ2n) is 5.35. The summed E-state index contributed by atoms with van der Waals surface area (Å²) in [5, 5.41) is 4.44. The number of esters is 2. The van der Waals surface area contributed by atoms with E-state index in [4.69, 9.17) is 20.9 Å². The number of aryl methyl sites for hydroxylation is 1. The maximum absolute atomic E-state index is 11.7. The van der Waals surface area contributed by atoms with E-state index < -0.39 is 24.0 Å². The van der Waals surface area contributed by atoms with Crippen molar-refractivity contribution in [3.63, 3.8) is 0 Å². The molecule has 1 aromatic heterocycles. The van der Waals surface area contributed by atoms with Gasteiger partial charge in [-0.2, -0.15) is 0 Å². The normalized spacial score (nSPS) is 22.6. The summed E-state index contributed by atoms with van der Waals surface area (Å²) >= 11 is 6.12. The van der Waals surface area contributed by atoms with Crippen LogP contribution in [0.3, 0.4) is 0 Å². The number of carbonyl (C=O) groups is 2. The first-order chi connectivity index (χ1) is 11.0. The Labute approximate surface area is 135 Å². The molecule has 3 heterocycles. The van der Waals surface area contributed by atoms with Crippen molar-refractivity contribution >= 4 is 29.3 Å². The first-order valence-electron chi connectivity index (χ1n) is 6.90. The lowest BCUT2D eigenvalue weighted by Crippen LogP contribution is -2.26. The van der Waals surface area contributed by atoms with E-state index in [2.05, 4.69) is 9.89 Å². The summed E-state index contributed by atoms with van der Waals surface area (Å²) in [6.45, 7) is 1.91. The van der Waals surface area contributed by atoms with Crippen LogP contribution in [0, 0.1) is 12.8 Å². The van der Waals surface area contributed by atoms with Gasteiger partial charge < -0.3 is 14.0 Å². The number of furan rings is 1. The fraction of sp³-hybridized carbons (Fsp3) is 0.188. The molecule has 1 aromatic carbocycles. The molecule has 0 amide bonds. The number of cyclic esters (lactones) is 2. The van der Waals surface area contributed by atoms with Gasteiger partial charge in [0.05, 0.1) is 0 Å². The molecule has 6 nitrogen and oxygen atoms in total. The SMILES string of the molecule is Cc1ccc(-c2ccc(C3=NOC4C(=O)OC(=O)C34)o2)cc1Cl. The zero-order valence-electron chi connectivity index (χ0n) is 11.9. The smallest absolute Gasteiger partial charge is 0.359 e. The van der Waals surface area contributed by atoms with E-state index in [1.165, 1.54) is 0 Å². The van der Waals surface area contributed by atoms with Crippen LogP contribution < -0.4 is 0 Å². The zero-order chi connectivity index (χ0) is 16.1. The van der Waals surface area contributed by atoms with Crippen LogP contribution in [0.2, 0.25) is 5.02 Å². The third-order valence-corrected chi connectivity index (χ3v) is 4.27. The first kappa shape index (κ1) is 14.0. The molecule has 7 heteroatoms. The van der Waals surface area contributed by atoms with Crippen LogP contribution in [0.1, 0.15) is 11.3 Å². The van der Waals surface area contributed by atoms with Crippen molar-refractivity contribution < 1.29 is 23.6 Å². The Bertz CT molecular complexity index is 869. The van der Waals surface area contributed by atoms with E-state index in [0.717, 1.165) is 11.1 Å². The maximum Gasteiger partial charge on any atom is 0.359 e. The van der Waals surface area contributed by atoms with Crippen LogP contribution in [0.5, 0.6) is 0 Å². The van der Waals surface area contributed by atoms with Gasteiger partial charge in [-0.05, 0) is 30.7 Å². The molecule has 23 heavy (non-hydrogen) atoms. The van der Waals surface area contributed by atoms with Crippen LogP contribution in [-0.4, -0.2) is 23.8 Å². The van der Waals surface area contributed by atoms with E-state index in [-0.39, 0.29) is 5.71 Å². The van der Waals surface area contributed by atoms with Gasteiger partial charge >= 0.3 is 11.9 Å². The monoisotopic (exact) mass is 331 g/mol. The van der Waals surface area contributed by atoms with Gasteiger partial charge in [-0.15, -0.1) is 0 Å². The third-order valence-electron chi connectivity index (χ3n) is 3.86. The molecule has 2 aliphatic rings. The fourth-order valence-corrected chi connectivity index (χ4v) is 2.77. The Hall–Kier alpha value is -2.60.